The fraction of sp³-hybridized carbons (Fsp3) is 0.263. The molecular formula is C19H19O4P. The molecule has 4 nitrogen and oxygen atoms in total. The van der Waals surface area contributed by atoms with Crippen LogP contribution in [0.4, 0.5) is 0 Å². The summed E-state index contributed by atoms with van der Waals surface area (Å²) >= 11 is 0. The van der Waals surface area contributed by atoms with Crippen molar-refractivity contribution in [2.75, 3.05) is 0 Å². The monoisotopic (exact) mass is 342 g/mol. The number of ketones is 1. The zero-order valence-electron chi connectivity index (χ0n) is 13.2. The highest BCUT2D eigenvalue weighted by molar-refractivity contribution is 7.80. The summed E-state index contributed by atoms with van der Waals surface area (Å²) in [4.78, 5) is 24.4. The second-order valence-corrected chi connectivity index (χ2v) is 8.98. The lowest BCUT2D eigenvalue weighted by atomic mass is 9.88. The zero-order chi connectivity index (χ0) is 17.2. The average Bonchev–Trinajstić information content (AvgIpc) is 2.62. The van der Waals surface area contributed by atoms with Crippen LogP contribution >= 0.6 is 7.14 Å². The van der Waals surface area contributed by atoms with Crippen molar-refractivity contribution in [3.63, 3.8) is 0 Å². The van der Waals surface area contributed by atoms with Gasteiger partial charge in [-0.25, -0.2) is 0 Å². The molecule has 0 spiro atoms. The van der Waals surface area contributed by atoms with E-state index in [4.69, 9.17) is 0 Å². The van der Waals surface area contributed by atoms with Gasteiger partial charge in [0.1, 0.15) is 5.78 Å². The van der Waals surface area contributed by atoms with Gasteiger partial charge in [0.05, 0.1) is 11.6 Å². The lowest BCUT2D eigenvalue weighted by Crippen LogP contribution is -2.43. The summed E-state index contributed by atoms with van der Waals surface area (Å²) in [6.07, 6.45) is 1.21. The molecule has 0 unspecified atom stereocenters. The molecule has 0 heterocycles. The first-order valence-electron chi connectivity index (χ1n) is 8.01. The van der Waals surface area contributed by atoms with Gasteiger partial charge in [0, 0.05) is 17.0 Å². The number of rotatable bonds is 4. The van der Waals surface area contributed by atoms with Gasteiger partial charge in [0.25, 0.3) is 0 Å². The quantitative estimate of drug-likeness (QED) is 0.868. The van der Waals surface area contributed by atoms with Gasteiger partial charge in [-0.05, 0) is 12.8 Å². The molecule has 3 rings (SSSR count). The molecule has 0 radical (unpaired) electrons. The highest BCUT2D eigenvalue weighted by atomic mass is 31.2. The molecule has 1 aliphatic carbocycles. The molecular weight excluding hydrogens is 323 g/mol. The Bertz CT molecular complexity index is 742. The summed E-state index contributed by atoms with van der Waals surface area (Å²) in [7, 11) is -3.40. The molecule has 1 N–H and O–H groups in total. The first-order chi connectivity index (χ1) is 11.5. The zero-order valence-corrected chi connectivity index (χ0v) is 14.1. The van der Waals surface area contributed by atoms with Crippen molar-refractivity contribution >= 4 is 29.5 Å². The maximum absolute atomic E-state index is 14.2. The molecule has 2 aromatic carbocycles. The normalized spacial score (nSPS) is 21.4. The molecule has 0 bridgehead atoms. The van der Waals surface area contributed by atoms with Gasteiger partial charge in [0.15, 0.2) is 7.14 Å². The van der Waals surface area contributed by atoms with Crippen LogP contribution in [0, 0.1) is 5.92 Å². The molecule has 0 saturated heterocycles. The Morgan fingerprint density at radius 2 is 1.46 bits per heavy atom. The smallest absolute Gasteiger partial charge is 0.307 e. The third-order valence-corrected chi connectivity index (χ3v) is 8.20. The van der Waals surface area contributed by atoms with Gasteiger partial charge >= 0.3 is 5.97 Å². The van der Waals surface area contributed by atoms with E-state index in [1.807, 2.05) is 12.1 Å². The number of benzene rings is 2. The molecule has 0 aromatic heterocycles. The molecule has 24 heavy (non-hydrogen) atoms. The average molecular weight is 342 g/mol. The van der Waals surface area contributed by atoms with E-state index < -0.39 is 24.7 Å². The van der Waals surface area contributed by atoms with Crippen LogP contribution in [0.15, 0.2) is 60.7 Å². The van der Waals surface area contributed by atoms with Crippen LogP contribution in [0.2, 0.25) is 0 Å². The van der Waals surface area contributed by atoms with Crippen molar-refractivity contribution < 1.29 is 19.3 Å². The van der Waals surface area contributed by atoms with Crippen LogP contribution in [0.25, 0.3) is 0 Å². The molecule has 1 fully saturated rings. The number of hydrogen-bond donors (Lipinski definition) is 1. The van der Waals surface area contributed by atoms with E-state index in [1.165, 1.54) is 0 Å². The maximum Gasteiger partial charge on any atom is 0.307 e. The van der Waals surface area contributed by atoms with Gasteiger partial charge in [-0.3, -0.25) is 9.59 Å². The Hall–Kier alpha value is -2.19. The Kier molecular flexibility index (Phi) is 4.68. The fourth-order valence-corrected chi connectivity index (χ4v) is 7.00. The fourth-order valence-electron chi connectivity index (χ4n) is 3.51. The molecule has 0 amide bonds. The van der Waals surface area contributed by atoms with E-state index in [2.05, 4.69) is 0 Å². The Morgan fingerprint density at radius 1 is 0.958 bits per heavy atom. The van der Waals surface area contributed by atoms with E-state index in [0.717, 1.165) is 0 Å². The third-order valence-electron chi connectivity index (χ3n) is 4.64. The number of aliphatic carboxylic acids is 1. The van der Waals surface area contributed by atoms with Crippen molar-refractivity contribution in [2.24, 2.45) is 5.92 Å². The van der Waals surface area contributed by atoms with Gasteiger partial charge in [-0.15, -0.1) is 0 Å². The summed E-state index contributed by atoms with van der Waals surface area (Å²) in [6, 6.07) is 17.6. The summed E-state index contributed by atoms with van der Waals surface area (Å²) in [5.41, 5.74) is -0.992. The topological polar surface area (TPSA) is 71.4 Å². The minimum atomic E-state index is -3.40. The first-order valence-corrected chi connectivity index (χ1v) is 9.79. The van der Waals surface area contributed by atoms with Crippen molar-refractivity contribution in [1.29, 1.82) is 0 Å². The van der Waals surface area contributed by atoms with Crippen molar-refractivity contribution in [3.8, 4) is 0 Å². The summed E-state index contributed by atoms with van der Waals surface area (Å²) in [5.74, 6) is -2.15. The van der Waals surface area contributed by atoms with E-state index in [1.54, 1.807) is 48.5 Å². The minimum absolute atomic E-state index is 0.204. The number of Topliss-reactive ketones (excluding diaryl/α,β-unsaturated/α-hetero) is 1. The second kappa shape index (κ2) is 6.74. The number of carboxylic acids is 1. The predicted molar refractivity (Wildman–Crippen MR) is 93.5 cm³/mol. The van der Waals surface area contributed by atoms with Crippen LogP contribution in [0.1, 0.15) is 19.3 Å². The van der Waals surface area contributed by atoms with Crippen LogP contribution in [0.5, 0.6) is 0 Å². The van der Waals surface area contributed by atoms with Gasteiger partial charge in [-0.1, -0.05) is 60.7 Å². The highest BCUT2D eigenvalue weighted by Crippen LogP contribution is 2.54. The lowest BCUT2D eigenvalue weighted by molar-refractivity contribution is -0.144. The van der Waals surface area contributed by atoms with Crippen molar-refractivity contribution in [1.82, 2.24) is 0 Å². The highest BCUT2D eigenvalue weighted by Gasteiger charge is 2.49. The molecule has 2 aromatic rings. The van der Waals surface area contributed by atoms with Crippen molar-refractivity contribution in [2.45, 2.75) is 24.9 Å². The standard InChI is InChI=1S/C19H19O4P/c20-17-13-7-12-16(19(21)22)18(17)24(23,14-8-3-1-4-9-14)15-10-5-2-6-11-15/h1-6,8-11,16,18H,7,12-13H2,(H,21,22)/t16-,18+/m1/s1. The molecule has 0 aliphatic heterocycles. The van der Waals surface area contributed by atoms with Crippen LogP contribution in [-0.2, 0) is 14.2 Å². The van der Waals surface area contributed by atoms with E-state index in [0.29, 0.717) is 23.5 Å². The molecule has 1 saturated carbocycles. The summed E-state index contributed by atoms with van der Waals surface area (Å²) in [5, 5.41) is 10.7. The Morgan fingerprint density at radius 3 is 1.92 bits per heavy atom. The molecule has 2 atom stereocenters. The summed E-state index contributed by atoms with van der Waals surface area (Å²) in [6.45, 7) is 0. The minimum Gasteiger partial charge on any atom is -0.481 e. The van der Waals surface area contributed by atoms with Crippen LogP contribution < -0.4 is 10.6 Å². The van der Waals surface area contributed by atoms with Gasteiger partial charge in [0.2, 0.25) is 0 Å². The van der Waals surface area contributed by atoms with E-state index in [9.17, 15) is 19.3 Å². The van der Waals surface area contributed by atoms with Crippen molar-refractivity contribution in [3.05, 3.63) is 60.7 Å². The number of carbonyl (C=O) groups excluding carboxylic acids is 1. The van der Waals surface area contributed by atoms with Crippen LogP contribution in [-0.4, -0.2) is 22.5 Å². The van der Waals surface area contributed by atoms with E-state index in [-0.39, 0.29) is 12.2 Å². The number of hydrogen-bond acceptors (Lipinski definition) is 3. The molecule has 1 aliphatic rings. The first kappa shape index (κ1) is 16.7. The largest absolute Gasteiger partial charge is 0.481 e. The predicted octanol–water partition coefficient (Wildman–Crippen LogP) is 2.82. The Balaban J connectivity index is 2.23. The second-order valence-electron chi connectivity index (χ2n) is 6.08. The molecule has 124 valence electrons. The number of carbonyl (C=O) groups is 2. The van der Waals surface area contributed by atoms with Gasteiger partial charge in [-0.2, -0.15) is 0 Å². The lowest BCUT2D eigenvalue weighted by Gasteiger charge is -2.34. The Labute approximate surface area is 140 Å². The maximum atomic E-state index is 14.2. The van der Waals surface area contributed by atoms with Gasteiger partial charge < -0.3 is 9.67 Å². The van der Waals surface area contributed by atoms with E-state index >= 15 is 0 Å². The third kappa shape index (κ3) is 2.83. The molecule has 5 heteroatoms. The number of carboxylic acid groups (broad SMARTS) is 1. The SMILES string of the molecule is O=C1CCC[C@@H](C(=O)O)[C@@H]1P(=O)(c1ccccc1)c1ccccc1. The van der Waals surface area contributed by atoms with Crippen LogP contribution in [0.3, 0.4) is 0 Å². The summed E-state index contributed by atoms with van der Waals surface area (Å²) < 4.78 is 14.2.